The van der Waals surface area contributed by atoms with E-state index >= 15 is 0 Å². The molecule has 5 heteroatoms. The molecule has 1 atom stereocenters. The fourth-order valence-corrected chi connectivity index (χ4v) is 4.02. The summed E-state index contributed by atoms with van der Waals surface area (Å²) in [4.78, 5) is 24.1. The Bertz CT molecular complexity index is 1030. The van der Waals surface area contributed by atoms with Crippen molar-refractivity contribution in [3.05, 3.63) is 83.2 Å². The van der Waals surface area contributed by atoms with Gasteiger partial charge in [-0.1, -0.05) is 30.3 Å². The highest BCUT2D eigenvalue weighted by atomic mass is 19.1. The molecule has 2 heterocycles. The quantitative estimate of drug-likeness (QED) is 0.639. The Balaban J connectivity index is 1.65. The first kappa shape index (κ1) is 19.2. The third kappa shape index (κ3) is 4.04. The second-order valence-electron chi connectivity index (χ2n) is 7.63. The summed E-state index contributed by atoms with van der Waals surface area (Å²) in [6, 6.07) is 14.1. The lowest BCUT2D eigenvalue weighted by Gasteiger charge is -2.33. The first-order chi connectivity index (χ1) is 14.0. The second-order valence-corrected chi connectivity index (χ2v) is 7.63. The number of carbonyl (C=O) groups excluding carboxylic acids is 1. The fraction of sp³-hybridized carbons (Fsp3) is 0.292. The van der Waals surface area contributed by atoms with Crippen LogP contribution in [0, 0.1) is 19.7 Å². The van der Waals surface area contributed by atoms with Crippen LogP contribution in [0.4, 0.5) is 4.39 Å². The maximum atomic E-state index is 13.4. The summed E-state index contributed by atoms with van der Waals surface area (Å²) in [5.74, 6) is 0.629. The number of aromatic nitrogens is 2. The zero-order valence-corrected chi connectivity index (χ0v) is 16.7. The van der Waals surface area contributed by atoms with Gasteiger partial charge in [-0.2, -0.15) is 0 Å². The highest BCUT2D eigenvalue weighted by Gasteiger charge is 2.29. The van der Waals surface area contributed by atoms with E-state index in [9.17, 15) is 9.18 Å². The number of hydrogen-bond donors (Lipinski definition) is 0. The SMILES string of the molecule is Cc1ncc(-c2ccc(F)cc2)c(C2CCCN(C(=O)c3ccccc3C)C2)n1. The number of halogens is 1. The van der Waals surface area contributed by atoms with Gasteiger partial charge in [-0.3, -0.25) is 4.79 Å². The van der Waals surface area contributed by atoms with Gasteiger partial charge in [0.2, 0.25) is 0 Å². The Labute approximate surface area is 170 Å². The molecule has 1 saturated heterocycles. The Kier molecular flexibility index (Phi) is 5.38. The van der Waals surface area contributed by atoms with Crippen LogP contribution in [0.25, 0.3) is 11.1 Å². The highest BCUT2D eigenvalue weighted by Crippen LogP contribution is 2.33. The Morgan fingerprint density at radius 1 is 1.10 bits per heavy atom. The van der Waals surface area contributed by atoms with Crippen molar-refractivity contribution >= 4 is 5.91 Å². The number of hydrogen-bond acceptors (Lipinski definition) is 3. The fourth-order valence-electron chi connectivity index (χ4n) is 4.02. The summed E-state index contributed by atoms with van der Waals surface area (Å²) in [5.41, 5.74) is 4.48. The molecule has 148 valence electrons. The summed E-state index contributed by atoms with van der Waals surface area (Å²) in [5, 5.41) is 0. The molecule has 0 aliphatic carbocycles. The molecule has 1 unspecified atom stereocenters. The van der Waals surface area contributed by atoms with Gasteiger partial charge in [0.05, 0.1) is 5.69 Å². The summed E-state index contributed by atoms with van der Waals surface area (Å²) in [6.07, 6.45) is 3.70. The van der Waals surface area contributed by atoms with Gasteiger partial charge in [-0.05, 0) is 56.0 Å². The standard InChI is InChI=1S/C24H24FN3O/c1-16-6-3-4-8-21(16)24(29)28-13-5-7-19(15-28)23-22(14-26-17(2)27-23)18-9-11-20(25)12-10-18/h3-4,6,8-12,14,19H,5,7,13,15H2,1-2H3. The molecule has 29 heavy (non-hydrogen) atoms. The van der Waals surface area contributed by atoms with Gasteiger partial charge in [0.25, 0.3) is 5.91 Å². The minimum Gasteiger partial charge on any atom is -0.338 e. The maximum absolute atomic E-state index is 13.4. The predicted octanol–water partition coefficient (Wildman–Crippen LogP) is 4.92. The molecule has 3 aromatic rings. The van der Waals surface area contributed by atoms with Crippen molar-refractivity contribution in [2.75, 3.05) is 13.1 Å². The van der Waals surface area contributed by atoms with E-state index in [2.05, 4.69) is 4.98 Å². The Hall–Kier alpha value is -3.08. The van der Waals surface area contributed by atoms with E-state index in [0.717, 1.165) is 47.3 Å². The lowest BCUT2D eigenvalue weighted by atomic mass is 9.89. The number of aryl methyl sites for hydroxylation is 2. The van der Waals surface area contributed by atoms with Crippen LogP contribution in [-0.2, 0) is 0 Å². The summed E-state index contributed by atoms with van der Waals surface area (Å²) >= 11 is 0. The van der Waals surface area contributed by atoms with Gasteiger partial charge < -0.3 is 4.90 Å². The average molecular weight is 389 g/mol. The van der Waals surface area contributed by atoms with Crippen molar-refractivity contribution in [3.63, 3.8) is 0 Å². The second kappa shape index (κ2) is 8.11. The summed E-state index contributed by atoms with van der Waals surface area (Å²) in [6.45, 7) is 5.21. The number of rotatable bonds is 3. The number of amides is 1. The molecular formula is C24H24FN3O. The van der Waals surface area contributed by atoms with E-state index in [1.54, 1.807) is 12.1 Å². The molecule has 1 fully saturated rings. The molecule has 0 bridgehead atoms. The van der Waals surface area contributed by atoms with Crippen molar-refractivity contribution in [1.29, 1.82) is 0 Å². The average Bonchev–Trinajstić information content (AvgIpc) is 2.74. The molecule has 1 aromatic heterocycles. The molecular weight excluding hydrogens is 365 g/mol. The minimum absolute atomic E-state index is 0.0712. The molecule has 1 aliphatic rings. The molecule has 0 spiro atoms. The zero-order valence-electron chi connectivity index (χ0n) is 16.7. The van der Waals surface area contributed by atoms with E-state index in [-0.39, 0.29) is 17.6 Å². The number of benzene rings is 2. The first-order valence-corrected chi connectivity index (χ1v) is 9.97. The smallest absolute Gasteiger partial charge is 0.254 e. The van der Waals surface area contributed by atoms with Gasteiger partial charge in [0, 0.05) is 36.3 Å². The number of likely N-dealkylation sites (tertiary alicyclic amines) is 1. The lowest BCUT2D eigenvalue weighted by molar-refractivity contribution is 0.0705. The topological polar surface area (TPSA) is 46.1 Å². The van der Waals surface area contributed by atoms with Crippen LogP contribution in [0.15, 0.2) is 54.7 Å². The van der Waals surface area contributed by atoms with Gasteiger partial charge >= 0.3 is 0 Å². The predicted molar refractivity (Wildman–Crippen MR) is 111 cm³/mol. The van der Waals surface area contributed by atoms with Gasteiger partial charge in [0.1, 0.15) is 11.6 Å². The normalized spacial score (nSPS) is 16.7. The molecule has 1 amide bonds. The molecule has 0 N–H and O–H groups in total. The van der Waals surface area contributed by atoms with Crippen molar-refractivity contribution in [2.45, 2.75) is 32.6 Å². The van der Waals surface area contributed by atoms with Crippen LogP contribution >= 0.6 is 0 Å². The van der Waals surface area contributed by atoms with E-state index in [1.807, 2.05) is 49.2 Å². The largest absolute Gasteiger partial charge is 0.338 e. The molecule has 4 rings (SSSR count). The van der Waals surface area contributed by atoms with Crippen LogP contribution in [0.2, 0.25) is 0 Å². The summed E-state index contributed by atoms with van der Waals surface area (Å²) < 4.78 is 13.4. The number of carbonyl (C=O) groups is 1. The van der Waals surface area contributed by atoms with Crippen molar-refractivity contribution in [1.82, 2.24) is 14.9 Å². The first-order valence-electron chi connectivity index (χ1n) is 9.97. The van der Waals surface area contributed by atoms with E-state index in [4.69, 9.17) is 4.98 Å². The van der Waals surface area contributed by atoms with Gasteiger partial charge in [0.15, 0.2) is 0 Å². The van der Waals surface area contributed by atoms with Crippen molar-refractivity contribution in [2.24, 2.45) is 0 Å². The van der Waals surface area contributed by atoms with Crippen LogP contribution < -0.4 is 0 Å². The third-order valence-corrected chi connectivity index (χ3v) is 5.56. The van der Waals surface area contributed by atoms with Crippen LogP contribution in [0.1, 0.15) is 46.2 Å². The van der Waals surface area contributed by atoms with E-state index in [0.29, 0.717) is 12.4 Å². The van der Waals surface area contributed by atoms with Crippen LogP contribution in [0.3, 0.4) is 0 Å². The van der Waals surface area contributed by atoms with Crippen molar-refractivity contribution in [3.8, 4) is 11.1 Å². The molecule has 2 aromatic carbocycles. The molecule has 0 saturated carbocycles. The Morgan fingerprint density at radius 3 is 2.62 bits per heavy atom. The lowest BCUT2D eigenvalue weighted by Crippen LogP contribution is -2.39. The number of piperidine rings is 1. The van der Waals surface area contributed by atoms with Gasteiger partial charge in [-0.15, -0.1) is 0 Å². The van der Waals surface area contributed by atoms with Gasteiger partial charge in [-0.25, -0.2) is 14.4 Å². The zero-order chi connectivity index (χ0) is 20.4. The minimum atomic E-state index is -0.268. The monoisotopic (exact) mass is 389 g/mol. The van der Waals surface area contributed by atoms with Crippen molar-refractivity contribution < 1.29 is 9.18 Å². The highest BCUT2D eigenvalue weighted by molar-refractivity contribution is 5.95. The van der Waals surface area contributed by atoms with Crippen LogP contribution in [0.5, 0.6) is 0 Å². The Morgan fingerprint density at radius 2 is 1.86 bits per heavy atom. The maximum Gasteiger partial charge on any atom is 0.254 e. The summed E-state index contributed by atoms with van der Waals surface area (Å²) in [7, 11) is 0. The molecule has 0 radical (unpaired) electrons. The number of nitrogens with zero attached hydrogens (tertiary/aromatic N) is 3. The van der Waals surface area contributed by atoms with Crippen LogP contribution in [-0.4, -0.2) is 33.9 Å². The van der Waals surface area contributed by atoms with E-state index in [1.165, 1.54) is 12.1 Å². The molecule has 1 aliphatic heterocycles. The third-order valence-electron chi connectivity index (χ3n) is 5.56. The van der Waals surface area contributed by atoms with E-state index < -0.39 is 0 Å². The molecule has 4 nitrogen and oxygen atoms in total.